The highest BCUT2D eigenvalue weighted by molar-refractivity contribution is 5.79. The quantitative estimate of drug-likeness (QED) is 0.696. The second-order valence-electron chi connectivity index (χ2n) is 7.06. The van der Waals surface area contributed by atoms with Crippen molar-refractivity contribution in [2.45, 2.75) is 46.1 Å². The van der Waals surface area contributed by atoms with E-state index in [-0.39, 0.29) is 24.3 Å². The molecule has 0 aliphatic carbocycles. The zero-order chi connectivity index (χ0) is 19.6. The molecule has 2 rings (SSSR count). The van der Waals surface area contributed by atoms with Crippen LogP contribution in [-0.4, -0.2) is 49.5 Å². The number of hydrogen-bond donors (Lipinski definition) is 2. The first-order valence-electron chi connectivity index (χ1n) is 10.0. The minimum atomic E-state index is -0.378. The minimum Gasteiger partial charge on any atom is -0.494 e. The smallest absolute Gasteiger partial charge is 0.224 e. The van der Waals surface area contributed by atoms with Crippen LogP contribution in [0.5, 0.6) is 5.75 Å². The number of likely N-dealkylation sites (tertiary alicyclic amines) is 1. The minimum absolute atomic E-state index is 0.0851. The first kappa shape index (κ1) is 21.2. The molecule has 1 unspecified atom stereocenters. The highest BCUT2D eigenvalue weighted by atomic mass is 16.5. The number of carbonyl (C=O) groups excluding carboxylic acids is 2. The molecular formula is C21H33N3O3. The Morgan fingerprint density at radius 1 is 1.22 bits per heavy atom. The first-order valence-corrected chi connectivity index (χ1v) is 10.0. The molecule has 1 aromatic carbocycles. The first-order chi connectivity index (χ1) is 13.0. The SMILES string of the molecule is CCNCC1CCN(C(=O)CC(NC(C)=O)c2ccccc2OCC)CC1. The van der Waals surface area contributed by atoms with Gasteiger partial charge in [0.1, 0.15) is 5.75 Å². The van der Waals surface area contributed by atoms with Crippen LogP contribution in [0.15, 0.2) is 24.3 Å². The normalized spacial score (nSPS) is 16.0. The van der Waals surface area contributed by atoms with E-state index in [1.54, 1.807) is 0 Å². The molecule has 0 radical (unpaired) electrons. The van der Waals surface area contributed by atoms with Crippen molar-refractivity contribution in [1.29, 1.82) is 0 Å². The summed E-state index contributed by atoms with van der Waals surface area (Å²) in [5.74, 6) is 1.29. The fourth-order valence-corrected chi connectivity index (χ4v) is 3.58. The highest BCUT2D eigenvalue weighted by Gasteiger charge is 2.26. The zero-order valence-electron chi connectivity index (χ0n) is 16.8. The monoisotopic (exact) mass is 375 g/mol. The fraction of sp³-hybridized carbons (Fsp3) is 0.619. The van der Waals surface area contributed by atoms with Crippen molar-refractivity contribution >= 4 is 11.8 Å². The van der Waals surface area contributed by atoms with E-state index >= 15 is 0 Å². The maximum Gasteiger partial charge on any atom is 0.224 e. The fourth-order valence-electron chi connectivity index (χ4n) is 3.58. The summed E-state index contributed by atoms with van der Waals surface area (Å²) in [6, 6.07) is 7.23. The van der Waals surface area contributed by atoms with Crippen LogP contribution in [0, 0.1) is 5.92 Å². The van der Waals surface area contributed by atoms with E-state index in [1.807, 2.05) is 36.1 Å². The van der Waals surface area contributed by atoms with Gasteiger partial charge >= 0.3 is 0 Å². The van der Waals surface area contributed by atoms with E-state index in [2.05, 4.69) is 17.6 Å². The maximum atomic E-state index is 12.9. The third-order valence-electron chi connectivity index (χ3n) is 5.00. The van der Waals surface area contributed by atoms with Gasteiger partial charge in [-0.3, -0.25) is 9.59 Å². The predicted molar refractivity (Wildman–Crippen MR) is 107 cm³/mol. The van der Waals surface area contributed by atoms with E-state index in [4.69, 9.17) is 4.74 Å². The summed E-state index contributed by atoms with van der Waals surface area (Å²) >= 11 is 0. The molecule has 0 spiro atoms. The van der Waals surface area contributed by atoms with Crippen molar-refractivity contribution in [3.63, 3.8) is 0 Å². The van der Waals surface area contributed by atoms with Gasteiger partial charge in [0.25, 0.3) is 0 Å². The van der Waals surface area contributed by atoms with Crippen molar-refractivity contribution < 1.29 is 14.3 Å². The Morgan fingerprint density at radius 3 is 2.56 bits per heavy atom. The molecule has 1 aromatic rings. The van der Waals surface area contributed by atoms with Crippen LogP contribution in [0.3, 0.4) is 0 Å². The van der Waals surface area contributed by atoms with Crippen LogP contribution in [-0.2, 0) is 9.59 Å². The average Bonchev–Trinajstić information content (AvgIpc) is 2.66. The lowest BCUT2D eigenvalue weighted by Gasteiger charge is -2.33. The number of rotatable bonds is 9. The topological polar surface area (TPSA) is 70.7 Å². The molecule has 150 valence electrons. The van der Waals surface area contributed by atoms with Crippen LogP contribution >= 0.6 is 0 Å². The van der Waals surface area contributed by atoms with Gasteiger partial charge in [0.05, 0.1) is 19.1 Å². The van der Waals surface area contributed by atoms with Gasteiger partial charge in [0, 0.05) is 25.6 Å². The molecule has 1 atom stereocenters. The predicted octanol–water partition coefficient (Wildman–Crippen LogP) is 2.50. The Labute approximate surface area is 162 Å². The highest BCUT2D eigenvalue weighted by Crippen LogP contribution is 2.28. The van der Waals surface area contributed by atoms with Crippen molar-refractivity contribution in [2.75, 3.05) is 32.8 Å². The van der Waals surface area contributed by atoms with Gasteiger partial charge in [-0.15, -0.1) is 0 Å². The molecule has 6 nitrogen and oxygen atoms in total. The lowest BCUT2D eigenvalue weighted by Crippen LogP contribution is -2.42. The van der Waals surface area contributed by atoms with Gasteiger partial charge in [-0.05, 0) is 44.8 Å². The van der Waals surface area contributed by atoms with Crippen molar-refractivity contribution in [1.82, 2.24) is 15.5 Å². The van der Waals surface area contributed by atoms with E-state index in [0.717, 1.165) is 50.3 Å². The lowest BCUT2D eigenvalue weighted by atomic mass is 9.95. The number of nitrogens with one attached hydrogen (secondary N) is 2. The molecule has 27 heavy (non-hydrogen) atoms. The number of amides is 2. The number of carbonyl (C=O) groups is 2. The second kappa shape index (κ2) is 10.9. The van der Waals surface area contributed by atoms with Crippen LogP contribution in [0.2, 0.25) is 0 Å². The molecule has 1 heterocycles. The Kier molecular flexibility index (Phi) is 8.58. The third-order valence-corrected chi connectivity index (χ3v) is 5.00. The Hall–Kier alpha value is -2.08. The standard InChI is InChI=1S/C21H33N3O3/c1-4-22-15-17-10-12-24(13-11-17)21(26)14-19(23-16(3)25)18-8-6-7-9-20(18)27-5-2/h6-9,17,19,22H,4-5,10-15H2,1-3H3,(H,23,25). The third kappa shape index (κ3) is 6.54. The van der Waals surface area contributed by atoms with E-state index in [0.29, 0.717) is 12.5 Å². The molecule has 2 N–H and O–H groups in total. The van der Waals surface area contributed by atoms with Gasteiger partial charge in [0.2, 0.25) is 11.8 Å². The van der Waals surface area contributed by atoms with Crippen LogP contribution < -0.4 is 15.4 Å². The summed E-state index contributed by atoms with van der Waals surface area (Å²) < 4.78 is 5.70. The van der Waals surface area contributed by atoms with Gasteiger partial charge < -0.3 is 20.3 Å². The number of benzene rings is 1. The van der Waals surface area contributed by atoms with E-state index in [9.17, 15) is 9.59 Å². The number of ether oxygens (including phenoxy) is 1. The molecule has 1 aliphatic heterocycles. The Balaban J connectivity index is 2.02. The van der Waals surface area contributed by atoms with Crippen LogP contribution in [0.1, 0.15) is 51.6 Å². The zero-order valence-corrected chi connectivity index (χ0v) is 16.8. The Bertz CT molecular complexity index is 612. The maximum absolute atomic E-state index is 12.9. The second-order valence-corrected chi connectivity index (χ2v) is 7.06. The van der Waals surface area contributed by atoms with E-state index in [1.165, 1.54) is 6.92 Å². The molecule has 0 aromatic heterocycles. The number of piperidine rings is 1. The summed E-state index contributed by atoms with van der Waals surface area (Å²) in [6.07, 6.45) is 2.31. The summed E-state index contributed by atoms with van der Waals surface area (Å²) in [4.78, 5) is 26.5. The van der Waals surface area contributed by atoms with Crippen molar-refractivity contribution in [3.05, 3.63) is 29.8 Å². The summed E-state index contributed by atoms with van der Waals surface area (Å²) in [5, 5.41) is 6.32. The largest absolute Gasteiger partial charge is 0.494 e. The summed E-state index contributed by atoms with van der Waals surface area (Å²) in [6.45, 7) is 9.63. The van der Waals surface area contributed by atoms with Crippen molar-refractivity contribution in [2.24, 2.45) is 5.92 Å². The molecular weight excluding hydrogens is 342 g/mol. The van der Waals surface area contributed by atoms with Gasteiger partial charge in [0.15, 0.2) is 0 Å². The van der Waals surface area contributed by atoms with Gasteiger partial charge in [-0.25, -0.2) is 0 Å². The molecule has 2 amide bonds. The van der Waals surface area contributed by atoms with Gasteiger partial charge in [-0.2, -0.15) is 0 Å². The summed E-state index contributed by atoms with van der Waals surface area (Å²) in [7, 11) is 0. The molecule has 1 aliphatic rings. The van der Waals surface area contributed by atoms with Crippen molar-refractivity contribution in [3.8, 4) is 5.75 Å². The molecule has 1 fully saturated rings. The molecule has 0 bridgehead atoms. The van der Waals surface area contributed by atoms with E-state index < -0.39 is 0 Å². The number of hydrogen-bond acceptors (Lipinski definition) is 4. The molecule has 0 saturated carbocycles. The number of nitrogens with zero attached hydrogens (tertiary/aromatic N) is 1. The Morgan fingerprint density at radius 2 is 1.93 bits per heavy atom. The van der Waals surface area contributed by atoms with Crippen LogP contribution in [0.4, 0.5) is 0 Å². The lowest BCUT2D eigenvalue weighted by molar-refractivity contribution is -0.133. The summed E-state index contributed by atoms with van der Waals surface area (Å²) in [5.41, 5.74) is 0.852. The number of para-hydroxylation sites is 1. The molecule has 1 saturated heterocycles. The molecule has 6 heteroatoms. The average molecular weight is 376 g/mol. The van der Waals surface area contributed by atoms with Crippen LogP contribution in [0.25, 0.3) is 0 Å². The van der Waals surface area contributed by atoms with Gasteiger partial charge in [-0.1, -0.05) is 25.1 Å².